The van der Waals surface area contributed by atoms with Gasteiger partial charge in [0.05, 0.1) is 6.42 Å². The molecule has 1 aliphatic heterocycles. The highest BCUT2D eigenvalue weighted by Crippen LogP contribution is 2.33. The number of rotatable bonds is 4. The molecule has 0 atom stereocenters. The van der Waals surface area contributed by atoms with E-state index in [2.05, 4.69) is 5.10 Å². The molecule has 1 amide bonds. The Morgan fingerprint density at radius 3 is 2.41 bits per heavy atom. The molecule has 2 heterocycles. The second-order valence-electron chi connectivity index (χ2n) is 7.89. The molecular formula is C21H28N4O2. The first-order valence-corrected chi connectivity index (χ1v) is 10.1. The number of carbonyl (C=O) groups excluding carboxylic acids is 1. The van der Waals surface area contributed by atoms with Crippen molar-refractivity contribution < 1.29 is 4.79 Å². The van der Waals surface area contributed by atoms with Gasteiger partial charge in [-0.15, -0.1) is 0 Å². The second kappa shape index (κ2) is 7.71. The Morgan fingerprint density at radius 1 is 1.07 bits per heavy atom. The van der Waals surface area contributed by atoms with Crippen molar-refractivity contribution in [3.05, 3.63) is 52.2 Å². The smallest absolute Gasteiger partial charge is 0.342 e. The molecule has 0 unspecified atom stereocenters. The van der Waals surface area contributed by atoms with E-state index in [0.29, 0.717) is 12.5 Å². The lowest BCUT2D eigenvalue weighted by Crippen LogP contribution is -2.39. The van der Waals surface area contributed by atoms with Crippen LogP contribution in [0.5, 0.6) is 0 Å². The number of piperidine rings is 1. The van der Waals surface area contributed by atoms with E-state index in [9.17, 15) is 9.59 Å². The van der Waals surface area contributed by atoms with Crippen molar-refractivity contribution in [3.63, 3.8) is 0 Å². The van der Waals surface area contributed by atoms with E-state index in [1.54, 1.807) is 7.05 Å². The monoisotopic (exact) mass is 368 g/mol. The van der Waals surface area contributed by atoms with Crippen molar-refractivity contribution in [1.82, 2.24) is 19.2 Å². The van der Waals surface area contributed by atoms with Crippen LogP contribution in [0.1, 0.15) is 61.9 Å². The lowest BCUT2D eigenvalue weighted by molar-refractivity contribution is -0.131. The van der Waals surface area contributed by atoms with Gasteiger partial charge in [0.1, 0.15) is 5.82 Å². The van der Waals surface area contributed by atoms with Crippen molar-refractivity contribution in [2.75, 3.05) is 13.1 Å². The average Bonchev–Trinajstić information content (AvgIpc) is 3.31. The van der Waals surface area contributed by atoms with Crippen LogP contribution >= 0.6 is 0 Å². The Hall–Kier alpha value is -2.37. The standard InChI is InChI=1S/C21H28N4O2/c1-23-21(27)25(18-9-5-6-10-18)20(22-23)17-11-13-24(14-12-17)19(26)15-16-7-3-2-4-8-16/h2-4,7-8,17-18H,5-6,9-15H2,1H3. The molecule has 27 heavy (non-hydrogen) atoms. The predicted molar refractivity (Wildman–Crippen MR) is 104 cm³/mol. The molecule has 1 saturated carbocycles. The van der Waals surface area contributed by atoms with Gasteiger partial charge in [-0.3, -0.25) is 9.36 Å². The van der Waals surface area contributed by atoms with Crippen LogP contribution in [-0.4, -0.2) is 38.2 Å². The van der Waals surface area contributed by atoms with Gasteiger partial charge >= 0.3 is 5.69 Å². The minimum Gasteiger partial charge on any atom is -0.342 e. The normalized spacial score (nSPS) is 18.9. The highest BCUT2D eigenvalue weighted by molar-refractivity contribution is 5.78. The number of aromatic nitrogens is 3. The fourth-order valence-electron chi connectivity index (χ4n) is 4.55. The first-order valence-electron chi connectivity index (χ1n) is 10.1. The molecule has 0 spiro atoms. The largest absolute Gasteiger partial charge is 0.345 e. The minimum absolute atomic E-state index is 0.0134. The molecular weight excluding hydrogens is 340 g/mol. The third-order valence-corrected chi connectivity index (χ3v) is 6.08. The molecule has 1 aromatic heterocycles. The van der Waals surface area contributed by atoms with Crippen molar-refractivity contribution in [3.8, 4) is 0 Å². The average molecular weight is 368 g/mol. The molecule has 2 fully saturated rings. The highest BCUT2D eigenvalue weighted by Gasteiger charge is 2.31. The predicted octanol–water partition coefficient (Wildman–Crippen LogP) is 2.65. The van der Waals surface area contributed by atoms with Gasteiger partial charge in [0.2, 0.25) is 5.91 Å². The van der Waals surface area contributed by atoms with E-state index in [-0.39, 0.29) is 17.5 Å². The summed E-state index contributed by atoms with van der Waals surface area (Å²) < 4.78 is 3.44. The first kappa shape index (κ1) is 18.0. The molecule has 6 heteroatoms. The maximum atomic E-state index is 12.6. The zero-order chi connectivity index (χ0) is 18.8. The summed E-state index contributed by atoms with van der Waals surface area (Å²) in [6.07, 6.45) is 6.76. The van der Waals surface area contributed by atoms with Crippen LogP contribution in [0.3, 0.4) is 0 Å². The SMILES string of the molecule is Cn1nc(C2CCN(C(=O)Cc3ccccc3)CC2)n(C2CCCC2)c1=O. The lowest BCUT2D eigenvalue weighted by Gasteiger charge is -2.32. The summed E-state index contributed by atoms with van der Waals surface area (Å²) in [6, 6.07) is 10.2. The van der Waals surface area contributed by atoms with Gasteiger partial charge in [-0.2, -0.15) is 5.10 Å². The lowest BCUT2D eigenvalue weighted by atomic mass is 9.95. The topological polar surface area (TPSA) is 60.1 Å². The molecule has 0 bridgehead atoms. The fourth-order valence-corrected chi connectivity index (χ4v) is 4.55. The van der Waals surface area contributed by atoms with Crippen molar-refractivity contribution >= 4 is 5.91 Å². The number of nitrogens with zero attached hydrogens (tertiary/aromatic N) is 4. The molecule has 0 radical (unpaired) electrons. The van der Waals surface area contributed by atoms with E-state index in [4.69, 9.17) is 0 Å². The van der Waals surface area contributed by atoms with Gasteiger partial charge < -0.3 is 4.90 Å². The second-order valence-corrected chi connectivity index (χ2v) is 7.89. The number of aryl methyl sites for hydroxylation is 1. The number of hydrogen-bond donors (Lipinski definition) is 0. The number of carbonyl (C=O) groups is 1. The summed E-state index contributed by atoms with van der Waals surface area (Å²) >= 11 is 0. The van der Waals surface area contributed by atoms with Gasteiger partial charge in [-0.25, -0.2) is 9.48 Å². The van der Waals surface area contributed by atoms with Crippen LogP contribution in [0.25, 0.3) is 0 Å². The van der Waals surface area contributed by atoms with Gasteiger partial charge in [0, 0.05) is 32.1 Å². The van der Waals surface area contributed by atoms with E-state index < -0.39 is 0 Å². The maximum absolute atomic E-state index is 12.6. The molecule has 144 valence electrons. The van der Waals surface area contributed by atoms with Gasteiger partial charge in [-0.05, 0) is 31.2 Å². The van der Waals surface area contributed by atoms with Crippen molar-refractivity contribution in [2.45, 2.75) is 56.9 Å². The molecule has 2 aromatic rings. The van der Waals surface area contributed by atoms with Crippen LogP contribution in [0, 0.1) is 0 Å². The summed E-state index contributed by atoms with van der Waals surface area (Å²) in [5.74, 6) is 1.39. The van der Waals surface area contributed by atoms with Crippen LogP contribution in [0.15, 0.2) is 35.1 Å². The Kier molecular flexibility index (Phi) is 5.14. The third-order valence-electron chi connectivity index (χ3n) is 6.08. The van der Waals surface area contributed by atoms with Gasteiger partial charge in [0.15, 0.2) is 0 Å². The molecule has 1 aromatic carbocycles. The number of benzene rings is 1. The molecule has 4 rings (SSSR count). The Balaban J connectivity index is 1.43. The summed E-state index contributed by atoms with van der Waals surface area (Å²) in [7, 11) is 1.75. The molecule has 1 aliphatic carbocycles. The Morgan fingerprint density at radius 2 is 1.74 bits per heavy atom. The zero-order valence-corrected chi connectivity index (χ0v) is 16.0. The number of likely N-dealkylation sites (tertiary alicyclic amines) is 1. The fraction of sp³-hybridized carbons (Fsp3) is 0.571. The molecule has 1 saturated heterocycles. The van der Waals surface area contributed by atoms with E-state index >= 15 is 0 Å². The van der Waals surface area contributed by atoms with Gasteiger partial charge in [0.25, 0.3) is 0 Å². The summed E-state index contributed by atoms with van der Waals surface area (Å²) in [4.78, 5) is 27.2. The summed E-state index contributed by atoms with van der Waals surface area (Å²) in [5.41, 5.74) is 1.07. The van der Waals surface area contributed by atoms with E-state index in [1.165, 1.54) is 17.5 Å². The first-order chi connectivity index (χ1) is 13.1. The van der Waals surface area contributed by atoms with Crippen LogP contribution < -0.4 is 5.69 Å². The Labute approximate surface area is 159 Å². The van der Waals surface area contributed by atoms with E-state index in [1.807, 2.05) is 39.8 Å². The van der Waals surface area contributed by atoms with Crippen LogP contribution in [-0.2, 0) is 18.3 Å². The van der Waals surface area contributed by atoms with Crippen molar-refractivity contribution in [2.24, 2.45) is 7.05 Å². The zero-order valence-electron chi connectivity index (χ0n) is 16.0. The van der Waals surface area contributed by atoms with Crippen LogP contribution in [0.4, 0.5) is 0 Å². The maximum Gasteiger partial charge on any atom is 0.345 e. The quantitative estimate of drug-likeness (QED) is 0.834. The summed E-state index contributed by atoms with van der Waals surface area (Å²) in [5, 5.41) is 4.58. The number of amides is 1. The van der Waals surface area contributed by atoms with Crippen molar-refractivity contribution in [1.29, 1.82) is 0 Å². The van der Waals surface area contributed by atoms with E-state index in [0.717, 1.165) is 50.2 Å². The number of hydrogen-bond acceptors (Lipinski definition) is 3. The highest BCUT2D eigenvalue weighted by atomic mass is 16.2. The minimum atomic E-state index is 0.0134. The molecule has 0 N–H and O–H groups in total. The summed E-state index contributed by atoms with van der Waals surface area (Å²) in [6.45, 7) is 1.48. The molecule has 2 aliphatic rings. The van der Waals surface area contributed by atoms with Gasteiger partial charge in [-0.1, -0.05) is 43.2 Å². The van der Waals surface area contributed by atoms with Crippen LogP contribution in [0.2, 0.25) is 0 Å². The third kappa shape index (κ3) is 3.70. The molecule has 6 nitrogen and oxygen atoms in total. The Bertz CT molecular complexity index is 841.